The number of hydrogen-bond donors (Lipinski definition) is 1. The summed E-state index contributed by atoms with van der Waals surface area (Å²) in [7, 11) is 0. The largest absolute Gasteiger partial charge is 0.478 e. The van der Waals surface area contributed by atoms with Crippen LogP contribution in [0.4, 0.5) is 4.39 Å². The van der Waals surface area contributed by atoms with Crippen LogP contribution in [0.2, 0.25) is 0 Å². The molecule has 1 rings (SSSR count). The Labute approximate surface area is 95.6 Å². The quantitative estimate of drug-likeness (QED) is 0.854. The molecule has 0 aromatic heterocycles. The molecule has 15 heavy (non-hydrogen) atoms. The molecule has 4 heteroatoms. The van der Waals surface area contributed by atoms with E-state index in [0.29, 0.717) is 5.56 Å². The molecule has 0 unspecified atom stereocenters. The highest BCUT2D eigenvalue weighted by molar-refractivity contribution is 9.09. The Morgan fingerprint density at radius 3 is 2.87 bits per heavy atom. The van der Waals surface area contributed by atoms with E-state index in [-0.39, 0.29) is 5.56 Å². The number of aromatic carboxylic acids is 1. The first-order valence-electron chi connectivity index (χ1n) is 4.41. The predicted molar refractivity (Wildman–Crippen MR) is 60.8 cm³/mol. The van der Waals surface area contributed by atoms with Crippen LogP contribution in [0.5, 0.6) is 0 Å². The van der Waals surface area contributed by atoms with Crippen molar-refractivity contribution in [3.8, 4) is 0 Å². The van der Waals surface area contributed by atoms with Crippen LogP contribution in [0, 0.1) is 5.82 Å². The third kappa shape index (κ3) is 3.16. The molecule has 2 nitrogen and oxygen atoms in total. The minimum atomic E-state index is -1.24. The normalized spacial score (nSPS) is 10.8. The summed E-state index contributed by atoms with van der Waals surface area (Å²) < 4.78 is 13.2. The third-order valence-electron chi connectivity index (χ3n) is 1.83. The Kier molecular flexibility index (Phi) is 4.49. The Bertz CT molecular complexity index is 388. The number of carbonyl (C=O) groups is 1. The molecule has 0 amide bonds. The SMILES string of the molecule is O=C(O)c1c(F)cccc1C=CCCBr. The second-order valence-corrected chi connectivity index (χ2v) is 3.68. The van der Waals surface area contributed by atoms with E-state index in [1.54, 1.807) is 18.2 Å². The maximum absolute atomic E-state index is 13.2. The predicted octanol–water partition coefficient (Wildman–Crippen LogP) is 3.32. The number of hydrogen-bond acceptors (Lipinski definition) is 1. The van der Waals surface area contributed by atoms with Crippen molar-refractivity contribution in [1.29, 1.82) is 0 Å². The highest BCUT2D eigenvalue weighted by Gasteiger charge is 2.13. The van der Waals surface area contributed by atoms with Gasteiger partial charge >= 0.3 is 5.97 Å². The number of carboxylic acids is 1. The lowest BCUT2D eigenvalue weighted by atomic mass is 10.1. The lowest BCUT2D eigenvalue weighted by Gasteiger charge is -2.01. The molecule has 0 saturated heterocycles. The fraction of sp³-hybridized carbons (Fsp3) is 0.182. The standard InChI is InChI=1S/C11H10BrFO2/c12-7-2-1-4-8-5-3-6-9(13)10(8)11(14)15/h1,3-6H,2,7H2,(H,14,15). The Morgan fingerprint density at radius 1 is 1.53 bits per heavy atom. The molecule has 0 aliphatic rings. The summed E-state index contributed by atoms with van der Waals surface area (Å²) in [4.78, 5) is 10.8. The second kappa shape index (κ2) is 5.66. The van der Waals surface area contributed by atoms with Gasteiger partial charge in [-0.15, -0.1) is 0 Å². The molecule has 0 heterocycles. The molecule has 0 aliphatic carbocycles. The number of alkyl halides is 1. The lowest BCUT2D eigenvalue weighted by molar-refractivity contribution is 0.0691. The topological polar surface area (TPSA) is 37.3 Å². The molecular formula is C11H10BrFO2. The molecule has 1 N–H and O–H groups in total. The molecule has 80 valence electrons. The zero-order chi connectivity index (χ0) is 11.3. The minimum absolute atomic E-state index is 0.275. The van der Waals surface area contributed by atoms with Crippen LogP contribution in [0.15, 0.2) is 24.3 Å². The first kappa shape index (κ1) is 11.9. The second-order valence-electron chi connectivity index (χ2n) is 2.89. The summed E-state index contributed by atoms with van der Waals surface area (Å²) in [5.74, 6) is -1.95. The molecule has 0 fully saturated rings. The zero-order valence-electron chi connectivity index (χ0n) is 7.91. The molecule has 0 bridgehead atoms. The van der Waals surface area contributed by atoms with Gasteiger partial charge in [0.2, 0.25) is 0 Å². The first-order chi connectivity index (χ1) is 7.16. The van der Waals surface area contributed by atoms with Crippen LogP contribution in [-0.2, 0) is 0 Å². The van der Waals surface area contributed by atoms with Crippen molar-refractivity contribution in [2.75, 3.05) is 5.33 Å². The van der Waals surface area contributed by atoms with Crippen molar-refractivity contribution in [2.24, 2.45) is 0 Å². The maximum atomic E-state index is 13.2. The van der Waals surface area contributed by atoms with E-state index in [0.717, 1.165) is 17.8 Å². The van der Waals surface area contributed by atoms with Crippen molar-refractivity contribution in [1.82, 2.24) is 0 Å². The molecule has 0 aliphatic heterocycles. The summed E-state index contributed by atoms with van der Waals surface area (Å²) in [6.45, 7) is 0. The highest BCUT2D eigenvalue weighted by Crippen LogP contribution is 2.15. The third-order valence-corrected chi connectivity index (χ3v) is 2.29. The van der Waals surface area contributed by atoms with Gasteiger partial charge in [0.15, 0.2) is 0 Å². The summed E-state index contributed by atoms with van der Waals surface area (Å²) in [6, 6.07) is 4.22. The molecule has 1 aromatic rings. The van der Waals surface area contributed by atoms with Gasteiger partial charge < -0.3 is 5.11 Å². The van der Waals surface area contributed by atoms with Crippen molar-refractivity contribution in [3.63, 3.8) is 0 Å². The van der Waals surface area contributed by atoms with E-state index in [2.05, 4.69) is 15.9 Å². The molecule has 0 spiro atoms. The molecule has 1 aromatic carbocycles. The van der Waals surface area contributed by atoms with E-state index in [9.17, 15) is 9.18 Å². The smallest absolute Gasteiger partial charge is 0.339 e. The van der Waals surface area contributed by atoms with Gasteiger partial charge in [-0.2, -0.15) is 0 Å². The van der Waals surface area contributed by atoms with Crippen LogP contribution >= 0.6 is 15.9 Å². The van der Waals surface area contributed by atoms with Crippen LogP contribution in [0.25, 0.3) is 6.08 Å². The van der Waals surface area contributed by atoms with Crippen molar-refractivity contribution < 1.29 is 14.3 Å². The number of halogens is 2. The summed E-state index contributed by atoms with van der Waals surface area (Å²) in [5, 5.41) is 9.61. The van der Waals surface area contributed by atoms with E-state index < -0.39 is 11.8 Å². The van der Waals surface area contributed by atoms with Crippen molar-refractivity contribution in [3.05, 3.63) is 41.2 Å². The highest BCUT2D eigenvalue weighted by atomic mass is 79.9. The average Bonchev–Trinajstić information content (AvgIpc) is 2.17. The van der Waals surface area contributed by atoms with Crippen molar-refractivity contribution >= 4 is 28.0 Å². The lowest BCUT2D eigenvalue weighted by Crippen LogP contribution is -2.03. The van der Waals surface area contributed by atoms with Crippen LogP contribution < -0.4 is 0 Å². The molecular weight excluding hydrogens is 263 g/mol. The number of allylic oxidation sites excluding steroid dienone is 1. The van der Waals surface area contributed by atoms with Gasteiger partial charge in [0.25, 0.3) is 0 Å². The van der Waals surface area contributed by atoms with E-state index >= 15 is 0 Å². The van der Waals surface area contributed by atoms with Crippen molar-refractivity contribution in [2.45, 2.75) is 6.42 Å². The van der Waals surface area contributed by atoms with Gasteiger partial charge in [0.05, 0.1) is 0 Å². The van der Waals surface area contributed by atoms with E-state index in [1.165, 1.54) is 6.07 Å². The van der Waals surface area contributed by atoms with Gasteiger partial charge in [-0.25, -0.2) is 9.18 Å². The van der Waals surface area contributed by atoms with E-state index in [4.69, 9.17) is 5.11 Å². The fourth-order valence-electron chi connectivity index (χ4n) is 1.18. The maximum Gasteiger partial charge on any atom is 0.339 e. The number of carboxylic acid groups (broad SMARTS) is 1. The van der Waals surface area contributed by atoms with Gasteiger partial charge in [-0.3, -0.25) is 0 Å². The minimum Gasteiger partial charge on any atom is -0.478 e. The Balaban J connectivity index is 3.06. The van der Waals surface area contributed by atoms with Crippen LogP contribution in [0.3, 0.4) is 0 Å². The molecule has 0 saturated carbocycles. The molecule has 0 atom stereocenters. The van der Waals surface area contributed by atoms with Gasteiger partial charge in [-0.05, 0) is 18.1 Å². The van der Waals surface area contributed by atoms with Gasteiger partial charge in [0, 0.05) is 5.33 Å². The zero-order valence-corrected chi connectivity index (χ0v) is 9.50. The Hall–Kier alpha value is -1.16. The van der Waals surface area contributed by atoms with Crippen LogP contribution in [-0.4, -0.2) is 16.4 Å². The summed E-state index contributed by atoms with van der Waals surface area (Å²) >= 11 is 3.24. The summed E-state index contributed by atoms with van der Waals surface area (Å²) in [6.07, 6.45) is 4.19. The van der Waals surface area contributed by atoms with Gasteiger partial charge in [-0.1, -0.05) is 40.2 Å². The number of benzene rings is 1. The monoisotopic (exact) mass is 272 g/mol. The summed E-state index contributed by atoms with van der Waals surface area (Å²) in [5.41, 5.74) is 0.117. The molecule has 0 radical (unpaired) electrons. The first-order valence-corrected chi connectivity index (χ1v) is 5.53. The fourth-order valence-corrected chi connectivity index (χ4v) is 1.44. The van der Waals surface area contributed by atoms with Gasteiger partial charge in [0.1, 0.15) is 11.4 Å². The Morgan fingerprint density at radius 2 is 2.27 bits per heavy atom. The van der Waals surface area contributed by atoms with Crippen LogP contribution in [0.1, 0.15) is 22.3 Å². The number of rotatable bonds is 4. The van der Waals surface area contributed by atoms with E-state index in [1.807, 2.05) is 0 Å². The average molecular weight is 273 g/mol.